The van der Waals surface area contributed by atoms with Gasteiger partial charge in [0.2, 0.25) is 23.6 Å². The van der Waals surface area contributed by atoms with Gasteiger partial charge in [0.05, 0.1) is 51.2 Å². The highest BCUT2D eigenvalue weighted by Gasteiger charge is 2.38. The van der Waals surface area contributed by atoms with Gasteiger partial charge in [0.15, 0.2) is 0 Å². The number of β-amino-alcohol motifs (C(OH)–C–C–N with tert-alkyl or cyclic N) is 2. The third kappa shape index (κ3) is 6.56. The van der Waals surface area contributed by atoms with Gasteiger partial charge in [0, 0.05) is 0 Å². The second-order valence-corrected chi connectivity index (χ2v) is 7.40. The van der Waals surface area contributed by atoms with Crippen LogP contribution < -0.4 is 10.6 Å². The van der Waals surface area contributed by atoms with E-state index in [9.17, 15) is 19.2 Å². The average Bonchev–Trinajstić information content (AvgIpc) is 3.11. The maximum absolute atomic E-state index is 12.0. The van der Waals surface area contributed by atoms with Crippen molar-refractivity contribution in [3.63, 3.8) is 0 Å². The number of aliphatic hydroxyl groups is 2. The van der Waals surface area contributed by atoms with E-state index in [1.54, 1.807) is 0 Å². The Hall–Kier alpha value is -1.88. The van der Waals surface area contributed by atoms with Gasteiger partial charge in [0.25, 0.3) is 0 Å². The minimum atomic E-state index is -0.477. The van der Waals surface area contributed by atoms with E-state index in [2.05, 4.69) is 10.6 Å². The summed E-state index contributed by atoms with van der Waals surface area (Å²) in [6.45, 7) is 1.01. The molecule has 0 spiro atoms. The first-order valence-electron chi connectivity index (χ1n) is 10.4. The lowest BCUT2D eigenvalue weighted by Crippen LogP contribution is -2.40. The Morgan fingerprint density at radius 1 is 0.690 bits per heavy atom. The average molecular weight is 412 g/mol. The molecular weight excluding hydrogens is 380 g/mol. The zero-order valence-corrected chi connectivity index (χ0v) is 16.8. The van der Waals surface area contributed by atoms with Crippen LogP contribution in [0.5, 0.6) is 0 Å². The zero-order chi connectivity index (χ0) is 21.2. The van der Waals surface area contributed by atoms with Crippen LogP contribution in [-0.2, 0) is 19.2 Å². The second kappa shape index (κ2) is 12.0. The maximum Gasteiger partial charge on any atom is 0.246 e. The maximum atomic E-state index is 12.0. The summed E-state index contributed by atoms with van der Waals surface area (Å²) in [5.74, 6) is -0.993. The van der Waals surface area contributed by atoms with Crippen molar-refractivity contribution in [2.75, 3.05) is 39.4 Å². The summed E-state index contributed by atoms with van der Waals surface area (Å²) in [7, 11) is 0. The van der Waals surface area contributed by atoms with Crippen LogP contribution in [0.25, 0.3) is 0 Å². The lowest BCUT2D eigenvalue weighted by Gasteiger charge is -2.14. The Bertz CT molecular complexity index is 549. The van der Waals surface area contributed by atoms with E-state index in [1.807, 2.05) is 0 Å². The van der Waals surface area contributed by atoms with Gasteiger partial charge in [-0.15, -0.1) is 0 Å². The molecule has 0 radical (unpaired) electrons. The predicted molar refractivity (Wildman–Crippen MR) is 104 cm³/mol. The van der Waals surface area contributed by atoms with Crippen LogP contribution in [0.2, 0.25) is 0 Å². The molecule has 0 saturated carbocycles. The quantitative estimate of drug-likeness (QED) is 0.197. The van der Waals surface area contributed by atoms with Gasteiger partial charge in [-0.2, -0.15) is 0 Å². The lowest BCUT2D eigenvalue weighted by atomic mass is 10.1. The minimum Gasteiger partial charge on any atom is -0.395 e. The number of nitrogens with zero attached hydrogens (tertiary/aromatic N) is 2. The summed E-state index contributed by atoms with van der Waals surface area (Å²) in [5.41, 5.74) is 0. The van der Waals surface area contributed by atoms with E-state index in [4.69, 9.17) is 10.2 Å². The molecule has 4 amide bonds. The molecule has 2 aliphatic rings. The van der Waals surface area contributed by atoms with Gasteiger partial charge >= 0.3 is 0 Å². The van der Waals surface area contributed by atoms with Crippen molar-refractivity contribution in [1.29, 1.82) is 0 Å². The van der Waals surface area contributed by atoms with Crippen molar-refractivity contribution in [1.82, 2.24) is 20.4 Å². The van der Waals surface area contributed by atoms with Gasteiger partial charge in [-0.05, 0) is 25.9 Å². The fraction of sp³-hybridized carbons (Fsp3) is 0.789. The number of imide groups is 2. The Morgan fingerprint density at radius 3 is 1.45 bits per heavy atom. The molecule has 10 heteroatoms. The highest BCUT2D eigenvalue weighted by molar-refractivity contribution is 6.06. The molecule has 0 aromatic heterocycles. The molecule has 2 rings (SSSR count). The normalized spacial score (nSPS) is 22.4. The number of amides is 4. The van der Waals surface area contributed by atoms with Gasteiger partial charge in [-0.25, -0.2) is 0 Å². The first kappa shape index (κ1) is 23.4. The Kier molecular flexibility index (Phi) is 9.65. The molecule has 0 aromatic carbocycles. The summed E-state index contributed by atoms with van der Waals surface area (Å²) in [6, 6.07) is -0.953. The SMILES string of the molecule is O=C1CC(NCCCCCCCNC2CC(=O)N(CCO)C2=O)C(=O)N1CCO. The van der Waals surface area contributed by atoms with E-state index >= 15 is 0 Å². The van der Waals surface area contributed by atoms with Crippen molar-refractivity contribution < 1.29 is 29.4 Å². The van der Waals surface area contributed by atoms with Crippen LogP contribution in [-0.4, -0.2) is 95.1 Å². The molecule has 2 aliphatic heterocycles. The van der Waals surface area contributed by atoms with E-state index < -0.39 is 12.1 Å². The summed E-state index contributed by atoms with van der Waals surface area (Å²) in [4.78, 5) is 49.6. The van der Waals surface area contributed by atoms with Crippen LogP contribution in [0.3, 0.4) is 0 Å². The second-order valence-electron chi connectivity index (χ2n) is 7.40. The Morgan fingerprint density at radius 2 is 1.07 bits per heavy atom. The van der Waals surface area contributed by atoms with Gasteiger partial charge < -0.3 is 20.8 Å². The summed E-state index contributed by atoms with van der Waals surface area (Å²) >= 11 is 0. The summed E-state index contributed by atoms with van der Waals surface area (Å²) < 4.78 is 0. The van der Waals surface area contributed by atoms with E-state index in [0.717, 1.165) is 41.9 Å². The molecule has 2 heterocycles. The van der Waals surface area contributed by atoms with E-state index in [0.29, 0.717) is 13.1 Å². The molecular formula is C19H32N4O6. The zero-order valence-electron chi connectivity index (χ0n) is 16.8. The third-order valence-electron chi connectivity index (χ3n) is 5.27. The van der Waals surface area contributed by atoms with Crippen molar-refractivity contribution in [2.45, 2.75) is 57.0 Å². The number of hydrogen-bond donors (Lipinski definition) is 4. The van der Waals surface area contributed by atoms with E-state index in [-0.39, 0.29) is 62.8 Å². The molecule has 0 aromatic rings. The third-order valence-corrected chi connectivity index (χ3v) is 5.27. The topological polar surface area (TPSA) is 139 Å². The van der Waals surface area contributed by atoms with Gasteiger partial charge in [-0.1, -0.05) is 19.3 Å². The van der Waals surface area contributed by atoms with Crippen LogP contribution in [0.15, 0.2) is 0 Å². The molecule has 29 heavy (non-hydrogen) atoms. The van der Waals surface area contributed by atoms with Gasteiger partial charge in [0.1, 0.15) is 0 Å². The van der Waals surface area contributed by atoms with Gasteiger partial charge in [-0.3, -0.25) is 29.0 Å². The number of rotatable bonds is 14. The molecule has 164 valence electrons. The summed E-state index contributed by atoms with van der Waals surface area (Å²) in [5, 5.41) is 24.0. The standard InChI is InChI=1S/C19H32N4O6/c24-10-8-22-16(26)12-14(18(22)28)20-6-4-2-1-3-5-7-21-15-13-17(27)23(9-11-25)19(15)29/h14-15,20-21,24-25H,1-13H2. The predicted octanol–water partition coefficient (Wildman–Crippen LogP) is -1.64. The molecule has 4 N–H and O–H groups in total. The fourth-order valence-corrected chi connectivity index (χ4v) is 3.69. The molecule has 0 aliphatic carbocycles. The smallest absolute Gasteiger partial charge is 0.246 e. The highest BCUT2D eigenvalue weighted by atomic mass is 16.3. The van der Waals surface area contributed by atoms with Crippen LogP contribution >= 0.6 is 0 Å². The van der Waals surface area contributed by atoms with Crippen molar-refractivity contribution in [2.24, 2.45) is 0 Å². The largest absolute Gasteiger partial charge is 0.395 e. The molecule has 2 unspecified atom stereocenters. The lowest BCUT2D eigenvalue weighted by molar-refractivity contribution is -0.140. The molecule has 2 fully saturated rings. The number of nitrogens with one attached hydrogen (secondary N) is 2. The van der Waals surface area contributed by atoms with Crippen molar-refractivity contribution in [3.05, 3.63) is 0 Å². The highest BCUT2D eigenvalue weighted by Crippen LogP contribution is 2.14. The fourth-order valence-electron chi connectivity index (χ4n) is 3.69. The minimum absolute atomic E-state index is 0.0595. The molecule has 2 atom stereocenters. The number of carbonyl (C=O) groups excluding carboxylic acids is 4. The summed E-state index contributed by atoms with van der Waals surface area (Å²) in [6.07, 6.45) is 5.12. The number of carbonyl (C=O) groups is 4. The first-order chi connectivity index (χ1) is 14.0. The number of hydrogen-bond acceptors (Lipinski definition) is 8. The monoisotopic (exact) mass is 412 g/mol. The number of aliphatic hydroxyl groups excluding tert-OH is 2. The number of likely N-dealkylation sites (tertiary alicyclic amines) is 2. The first-order valence-corrected chi connectivity index (χ1v) is 10.4. The van der Waals surface area contributed by atoms with Crippen LogP contribution in [0.4, 0.5) is 0 Å². The Labute approximate surface area is 170 Å². The molecule has 10 nitrogen and oxygen atoms in total. The van der Waals surface area contributed by atoms with Crippen molar-refractivity contribution >= 4 is 23.6 Å². The van der Waals surface area contributed by atoms with Crippen molar-refractivity contribution in [3.8, 4) is 0 Å². The van der Waals surface area contributed by atoms with Crippen LogP contribution in [0, 0.1) is 0 Å². The van der Waals surface area contributed by atoms with Crippen LogP contribution in [0.1, 0.15) is 44.9 Å². The molecule has 0 bridgehead atoms. The van der Waals surface area contributed by atoms with E-state index in [1.165, 1.54) is 0 Å². The molecule has 2 saturated heterocycles. The Balaban J connectivity index is 1.48. The number of unbranched alkanes of at least 4 members (excludes halogenated alkanes) is 4.